The second-order valence-corrected chi connectivity index (χ2v) is 3.14. The van der Waals surface area contributed by atoms with Crippen molar-refractivity contribution >= 4 is 17.7 Å². The average Bonchev–Trinajstić information content (AvgIpc) is 2.12. The Morgan fingerprint density at radius 2 is 2.18 bits per heavy atom. The Hall–Kier alpha value is -0.390. The van der Waals surface area contributed by atoms with Gasteiger partial charge in [-0.25, -0.2) is 0 Å². The lowest BCUT2D eigenvalue weighted by Crippen LogP contribution is -2.35. The third-order valence-electron chi connectivity index (χ3n) is 1.20. The summed E-state index contributed by atoms with van der Waals surface area (Å²) in [7, 11) is 0. The molecule has 64 valence electrons. The molecule has 1 rings (SSSR count). The van der Waals surface area contributed by atoms with Crippen molar-refractivity contribution in [3.05, 3.63) is 0 Å². The van der Waals surface area contributed by atoms with Gasteiger partial charge >= 0.3 is 6.18 Å². The van der Waals surface area contributed by atoms with E-state index in [4.69, 9.17) is 0 Å². The van der Waals surface area contributed by atoms with E-state index >= 15 is 0 Å². The summed E-state index contributed by atoms with van der Waals surface area (Å²) >= 11 is 1.21. The molecule has 1 heterocycles. The topological polar surface area (TPSA) is 20.3 Å². The number of hydrogen-bond donors (Lipinski definition) is 0. The Morgan fingerprint density at radius 3 is 2.55 bits per heavy atom. The Bertz CT molecular complexity index is 170. The number of carbonyl (C=O) groups is 1. The molecule has 6 heteroatoms. The number of nitrogens with zero attached hydrogens (tertiary/aromatic N) is 1. The van der Waals surface area contributed by atoms with Gasteiger partial charge in [0.1, 0.15) is 6.54 Å². The molecule has 0 N–H and O–H groups in total. The fraction of sp³-hybridized carbons (Fsp3) is 0.800. The Balaban J connectivity index is 2.43. The molecule has 1 saturated heterocycles. The highest BCUT2D eigenvalue weighted by Gasteiger charge is 2.34. The lowest BCUT2D eigenvalue weighted by Gasteiger charge is -2.16. The summed E-state index contributed by atoms with van der Waals surface area (Å²) in [6, 6.07) is 0. The molecule has 0 bridgehead atoms. The van der Waals surface area contributed by atoms with Crippen molar-refractivity contribution in [3.63, 3.8) is 0 Å². The summed E-state index contributed by atoms with van der Waals surface area (Å²) in [5, 5.41) is 0. The van der Waals surface area contributed by atoms with Crippen LogP contribution in [0, 0.1) is 0 Å². The maximum atomic E-state index is 11.7. The van der Waals surface area contributed by atoms with Gasteiger partial charge in [0, 0.05) is 0 Å². The van der Waals surface area contributed by atoms with Gasteiger partial charge in [-0.3, -0.25) is 4.79 Å². The zero-order valence-corrected chi connectivity index (χ0v) is 6.34. The summed E-state index contributed by atoms with van der Waals surface area (Å²) in [5.41, 5.74) is 0. The fourth-order valence-corrected chi connectivity index (χ4v) is 1.66. The van der Waals surface area contributed by atoms with E-state index in [1.54, 1.807) is 0 Å². The minimum atomic E-state index is -4.26. The molecule has 0 spiro atoms. The second-order valence-electron chi connectivity index (χ2n) is 2.18. The average molecular weight is 185 g/mol. The molecule has 0 saturated carbocycles. The third-order valence-corrected chi connectivity index (χ3v) is 2.14. The maximum Gasteiger partial charge on any atom is 0.406 e. The van der Waals surface area contributed by atoms with Gasteiger partial charge in [0.15, 0.2) is 0 Å². The molecule has 0 atom stereocenters. The van der Waals surface area contributed by atoms with Crippen molar-refractivity contribution in [2.75, 3.05) is 18.2 Å². The first-order chi connectivity index (χ1) is 4.99. The first-order valence-electron chi connectivity index (χ1n) is 2.91. The molecule has 0 aromatic rings. The third kappa shape index (κ3) is 2.61. The highest BCUT2D eigenvalue weighted by atomic mass is 32.2. The lowest BCUT2D eigenvalue weighted by molar-refractivity contribution is -0.156. The minimum Gasteiger partial charge on any atom is -0.324 e. The van der Waals surface area contributed by atoms with Crippen LogP contribution in [-0.4, -0.2) is 35.2 Å². The van der Waals surface area contributed by atoms with Crippen molar-refractivity contribution in [1.29, 1.82) is 0 Å². The Labute approximate surface area is 65.7 Å². The van der Waals surface area contributed by atoms with Crippen LogP contribution in [0.4, 0.5) is 13.2 Å². The molecule has 2 nitrogen and oxygen atoms in total. The van der Waals surface area contributed by atoms with E-state index in [-0.39, 0.29) is 11.6 Å². The number of thioether (sulfide) groups is 1. The van der Waals surface area contributed by atoms with Crippen LogP contribution in [0.5, 0.6) is 0 Å². The summed E-state index contributed by atoms with van der Waals surface area (Å²) < 4.78 is 35.0. The van der Waals surface area contributed by atoms with Gasteiger partial charge in [0.25, 0.3) is 0 Å². The molecule has 0 aliphatic carbocycles. The van der Waals surface area contributed by atoms with E-state index in [9.17, 15) is 18.0 Å². The minimum absolute atomic E-state index is 0.165. The number of carbonyl (C=O) groups excluding carboxylic acids is 1. The molecule has 11 heavy (non-hydrogen) atoms. The molecule has 0 radical (unpaired) electrons. The molecular weight excluding hydrogens is 179 g/mol. The maximum absolute atomic E-state index is 11.7. The van der Waals surface area contributed by atoms with Gasteiger partial charge < -0.3 is 4.90 Å². The zero-order valence-electron chi connectivity index (χ0n) is 5.52. The SMILES string of the molecule is O=C1CSCN1CC(F)(F)F. The van der Waals surface area contributed by atoms with Gasteiger partial charge in [-0.05, 0) is 0 Å². The largest absolute Gasteiger partial charge is 0.406 e. The summed E-state index contributed by atoms with van der Waals surface area (Å²) in [4.78, 5) is 11.5. The summed E-state index contributed by atoms with van der Waals surface area (Å²) in [6.45, 7) is -1.11. The molecule has 1 fully saturated rings. The number of amides is 1. The molecule has 1 aliphatic heterocycles. The second kappa shape index (κ2) is 2.92. The van der Waals surface area contributed by atoms with Crippen molar-refractivity contribution in [3.8, 4) is 0 Å². The van der Waals surface area contributed by atoms with E-state index in [2.05, 4.69) is 0 Å². The summed E-state index contributed by atoms with van der Waals surface area (Å²) in [5.74, 6) is -0.0821. The number of hydrogen-bond acceptors (Lipinski definition) is 2. The molecule has 0 aromatic carbocycles. The fourth-order valence-electron chi connectivity index (χ4n) is 0.757. The van der Waals surface area contributed by atoms with Gasteiger partial charge in [-0.1, -0.05) is 0 Å². The van der Waals surface area contributed by atoms with Crippen LogP contribution >= 0.6 is 11.8 Å². The number of halogens is 3. The van der Waals surface area contributed by atoms with Gasteiger partial charge in [0.05, 0.1) is 11.6 Å². The molecular formula is C5H6F3NOS. The smallest absolute Gasteiger partial charge is 0.324 e. The van der Waals surface area contributed by atoms with E-state index in [1.165, 1.54) is 11.8 Å². The van der Waals surface area contributed by atoms with Crippen LogP contribution in [0.2, 0.25) is 0 Å². The molecule has 1 aliphatic rings. The first-order valence-corrected chi connectivity index (χ1v) is 4.07. The van der Waals surface area contributed by atoms with E-state index < -0.39 is 18.6 Å². The van der Waals surface area contributed by atoms with Crippen LogP contribution in [0.1, 0.15) is 0 Å². The van der Waals surface area contributed by atoms with Crippen molar-refractivity contribution < 1.29 is 18.0 Å². The van der Waals surface area contributed by atoms with Crippen molar-refractivity contribution in [1.82, 2.24) is 4.90 Å². The first kappa shape index (κ1) is 8.70. The van der Waals surface area contributed by atoms with Crippen molar-refractivity contribution in [2.45, 2.75) is 6.18 Å². The quantitative estimate of drug-likeness (QED) is 0.609. The van der Waals surface area contributed by atoms with E-state index in [0.29, 0.717) is 0 Å². The lowest BCUT2D eigenvalue weighted by atomic mass is 10.5. The van der Waals surface area contributed by atoms with Crippen LogP contribution in [0.25, 0.3) is 0 Å². The van der Waals surface area contributed by atoms with Crippen LogP contribution in [0.3, 0.4) is 0 Å². The van der Waals surface area contributed by atoms with Crippen molar-refractivity contribution in [2.24, 2.45) is 0 Å². The van der Waals surface area contributed by atoms with E-state index in [1.807, 2.05) is 0 Å². The van der Waals surface area contributed by atoms with Crippen LogP contribution in [0.15, 0.2) is 0 Å². The van der Waals surface area contributed by atoms with E-state index in [0.717, 1.165) is 4.90 Å². The monoisotopic (exact) mass is 185 g/mol. The zero-order chi connectivity index (χ0) is 8.48. The van der Waals surface area contributed by atoms with Gasteiger partial charge in [-0.15, -0.1) is 11.8 Å². The predicted molar refractivity (Wildman–Crippen MR) is 35.1 cm³/mol. The highest BCUT2D eigenvalue weighted by Crippen LogP contribution is 2.22. The molecule has 0 aromatic heterocycles. The standard InChI is InChI=1S/C5H6F3NOS/c6-5(7,8)2-9-3-11-1-4(9)10/h1-3H2. The van der Waals surface area contributed by atoms with Gasteiger partial charge in [0.2, 0.25) is 5.91 Å². The molecule has 1 amide bonds. The summed E-state index contributed by atoms with van der Waals surface area (Å²) in [6.07, 6.45) is -4.26. The predicted octanol–water partition coefficient (Wildman–Crippen LogP) is 1.08. The van der Waals surface area contributed by atoms with Gasteiger partial charge in [-0.2, -0.15) is 13.2 Å². The Kier molecular flexibility index (Phi) is 2.31. The number of alkyl halides is 3. The number of rotatable bonds is 1. The highest BCUT2D eigenvalue weighted by molar-refractivity contribution is 8.00. The Morgan fingerprint density at radius 1 is 1.55 bits per heavy atom. The van der Waals surface area contributed by atoms with Crippen LogP contribution < -0.4 is 0 Å². The normalized spacial score (nSPS) is 19.5. The van der Waals surface area contributed by atoms with Crippen LogP contribution in [-0.2, 0) is 4.79 Å². The molecule has 0 unspecified atom stereocenters.